The second-order valence-corrected chi connectivity index (χ2v) is 11.0. The number of nitrogens with one attached hydrogen (secondary N) is 1. The van der Waals surface area contributed by atoms with Gasteiger partial charge in [0.2, 0.25) is 0 Å². The van der Waals surface area contributed by atoms with Crippen LogP contribution in [0.5, 0.6) is 5.75 Å². The Morgan fingerprint density at radius 1 is 0.707 bits per heavy atom. The fourth-order valence-corrected chi connectivity index (χ4v) is 4.84. The van der Waals surface area contributed by atoms with Crippen molar-refractivity contribution in [3.8, 4) is 5.75 Å². The molecule has 0 aliphatic rings. The number of aryl methyl sites for hydroxylation is 1. The quantitative estimate of drug-likeness (QED) is 0.174. The zero-order chi connectivity index (χ0) is 29.1. The average Bonchev–Trinajstić information content (AvgIpc) is 2.99. The first kappa shape index (κ1) is 29.4. The van der Waals surface area contributed by atoms with Crippen LogP contribution in [0, 0.1) is 12.8 Å². The first-order valence-corrected chi connectivity index (χ1v) is 14.4. The molecule has 4 rings (SSSR count). The molecule has 0 spiro atoms. The number of benzene rings is 4. The molecule has 9 heteroatoms. The lowest BCUT2D eigenvalue weighted by molar-refractivity contribution is -0.149. The molecule has 4 aromatic carbocycles. The normalized spacial score (nSPS) is 11.7. The van der Waals surface area contributed by atoms with Gasteiger partial charge in [-0.05, 0) is 54.3 Å². The Morgan fingerprint density at radius 3 is 1.85 bits per heavy atom. The lowest BCUT2D eigenvalue weighted by Crippen LogP contribution is -2.35. The van der Waals surface area contributed by atoms with Gasteiger partial charge in [-0.2, -0.15) is 8.42 Å². The number of amides is 1. The second-order valence-electron chi connectivity index (χ2n) is 9.43. The number of ether oxygens (including phenoxy) is 2. The highest BCUT2D eigenvalue weighted by Gasteiger charge is 2.23. The zero-order valence-electron chi connectivity index (χ0n) is 22.6. The molecule has 0 bridgehead atoms. The summed E-state index contributed by atoms with van der Waals surface area (Å²) in [6, 6.07) is 31.3. The standard InChI is InChI=1S/C32H31NO7S/c1-24-12-18-30(19-13-24)41(36,37)40-29-16-14-25(15-17-29)20-28(31(34)38-22-26-8-4-2-5-9-26)21-33-32(35)39-23-27-10-6-3-7-11-27/h2-19,28H,20-23H2,1H3,(H,33,35). The average molecular weight is 574 g/mol. The molecule has 0 heterocycles. The minimum Gasteiger partial charge on any atom is -0.461 e. The van der Waals surface area contributed by atoms with Crippen molar-refractivity contribution in [2.75, 3.05) is 6.54 Å². The molecule has 0 saturated heterocycles. The maximum Gasteiger partial charge on any atom is 0.407 e. The maximum atomic E-state index is 13.0. The summed E-state index contributed by atoms with van der Waals surface area (Å²) < 4.78 is 41.3. The van der Waals surface area contributed by atoms with E-state index in [4.69, 9.17) is 13.7 Å². The van der Waals surface area contributed by atoms with E-state index in [1.165, 1.54) is 24.3 Å². The molecule has 1 atom stereocenters. The number of carbonyl (C=O) groups excluding carboxylic acids is 2. The van der Waals surface area contributed by atoms with E-state index in [-0.39, 0.29) is 36.8 Å². The summed E-state index contributed by atoms with van der Waals surface area (Å²) in [5, 5.41) is 2.65. The third-order valence-electron chi connectivity index (χ3n) is 6.18. The number of hydrogen-bond acceptors (Lipinski definition) is 7. The first-order chi connectivity index (χ1) is 19.8. The van der Waals surface area contributed by atoms with Crippen LogP contribution in [-0.2, 0) is 44.0 Å². The minimum atomic E-state index is -3.99. The van der Waals surface area contributed by atoms with Gasteiger partial charge in [-0.15, -0.1) is 0 Å². The van der Waals surface area contributed by atoms with Gasteiger partial charge in [-0.3, -0.25) is 4.79 Å². The minimum absolute atomic E-state index is 0.0126. The van der Waals surface area contributed by atoms with E-state index in [1.807, 2.05) is 67.6 Å². The number of hydrogen-bond donors (Lipinski definition) is 1. The highest BCUT2D eigenvalue weighted by Crippen LogP contribution is 2.21. The van der Waals surface area contributed by atoms with Gasteiger partial charge in [-0.25, -0.2) is 4.79 Å². The van der Waals surface area contributed by atoms with Crippen molar-refractivity contribution in [3.63, 3.8) is 0 Å². The van der Waals surface area contributed by atoms with Gasteiger partial charge in [0, 0.05) is 6.54 Å². The van der Waals surface area contributed by atoms with E-state index in [1.54, 1.807) is 24.3 Å². The Hall–Kier alpha value is -4.63. The number of rotatable bonds is 12. The molecule has 0 saturated carbocycles. The number of carbonyl (C=O) groups is 2. The molecule has 0 fully saturated rings. The Morgan fingerprint density at radius 2 is 1.27 bits per heavy atom. The third-order valence-corrected chi connectivity index (χ3v) is 7.45. The first-order valence-electron chi connectivity index (χ1n) is 13.0. The van der Waals surface area contributed by atoms with Crippen LogP contribution in [0.1, 0.15) is 22.3 Å². The van der Waals surface area contributed by atoms with Crippen LogP contribution in [0.3, 0.4) is 0 Å². The van der Waals surface area contributed by atoms with Crippen LogP contribution in [0.2, 0.25) is 0 Å². The van der Waals surface area contributed by atoms with E-state index in [0.29, 0.717) is 0 Å². The van der Waals surface area contributed by atoms with Crippen LogP contribution >= 0.6 is 0 Å². The fraction of sp³-hybridized carbons (Fsp3) is 0.188. The molecule has 0 radical (unpaired) electrons. The predicted octanol–water partition coefficient (Wildman–Crippen LogP) is 5.59. The van der Waals surface area contributed by atoms with E-state index >= 15 is 0 Å². The topological polar surface area (TPSA) is 108 Å². The maximum absolute atomic E-state index is 13.0. The van der Waals surface area contributed by atoms with Gasteiger partial charge < -0.3 is 19.0 Å². The molecule has 1 amide bonds. The molecule has 1 N–H and O–H groups in total. The summed E-state index contributed by atoms with van der Waals surface area (Å²) in [7, 11) is -3.99. The Kier molecular flexibility index (Phi) is 10.1. The van der Waals surface area contributed by atoms with Gasteiger partial charge in [0.15, 0.2) is 0 Å². The summed E-state index contributed by atoms with van der Waals surface area (Å²) in [4.78, 5) is 25.4. The van der Waals surface area contributed by atoms with Crippen molar-refractivity contribution in [1.82, 2.24) is 5.32 Å². The van der Waals surface area contributed by atoms with E-state index < -0.39 is 28.1 Å². The van der Waals surface area contributed by atoms with Gasteiger partial charge in [0.05, 0.1) is 5.92 Å². The van der Waals surface area contributed by atoms with Crippen molar-refractivity contribution >= 4 is 22.2 Å². The van der Waals surface area contributed by atoms with Crippen LogP contribution in [0.15, 0.2) is 114 Å². The SMILES string of the molecule is Cc1ccc(S(=O)(=O)Oc2ccc(CC(CNC(=O)OCc3ccccc3)C(=O)OCc3ccccc3)cc2)cc1. The number of esters is 1. The molecule has 4 aromatic rings. The predicted molar refractivity (Wildman–Crippen MR) is 153 cm³/mol. The summed E-state index contributed by atoms with van der Waals surface area (Å²) in [6.45, 7) is 2.05. The highest BCUT2D eigenvalue weighted by molar-refractivity contribution is 7.87. The largest absolute Gasteiger partial charge is 0.461 e. The summed E-state index contributed by atoms with van der Waals surface area (Å²) in [6.07, 6.45) is -0.419. The van der Waals surface area contributed by atoms with Crippen molar-refractivity contribution in [2.24, 2.45) is 5.92 Å². The molecular weight excluding hydrogens is 542 g/mol. The Labute approximate surface area is 240 Å². The molecule has 0 aromatic heterocycles. The van der Waals surface area contributed by atoms with E-state index in [2.05, 4.69) is 5.32 Å². The third kappa shape index (κ3) is 9.22. The summed E-state index contributed by atoms with van der Waals surface area (Å²) >= 11 is 0. The van der Waals surface area contributed by atoms with Crippen LogP contribution < -0.4 is 9.50 Å². The van der Waals surface area contributed by atoms with E-state index in [0.717, 1.165) is 22.3 Å². The zero-order valence-corrected chi connectivity index (χ0v) is 23.4. The van der Waals surface area contributed by atoms with Crippen molar-refractivity contribution in [1.29, 1.82) is 0 Å². The lowest BCUT2D eigenvalue weighted by atomic mass is 9.99. The van der Waals surface area contributed by atoms with Crippen molar-refractivity contribution in [3.05, 3.63) is 131 Å². The van der Waals surface area contributed by atoms with E-state index in [9.17, 15) is 18.0 Å². The van der Waals surface area contributed by atoms with Crippen molar-refractivity contribution in [2.45, 2.75) is 31.5 Å². The van der Waals surface area contributed by atoms with Gasteiger partial charge >= 0.3 is 22.2 Å². The van der Waals surface area contributed by atoms with Crippen molar-refractivity contribution < 1.29 is 31.7 Å². The fourth-order valence-electron chi connectivity index (χ4n) is 3.91. The molecular formula is C32H31NO7S. The molecule has 41 heavy (non-hydrogen) atoms. The highest BCUT2D eigenvalue weighted by atomic mass is 32.2. The molecule has 8 nitrogen and oxygen atoms in total. The second kappa shape index (κ2) is 14.1. The molecule has 0 aliphatic carbocycles. The lowest BCUT2D eigenvalue weighted by Gasteiger charge is -2.17. The summed E-state index contributed by atoms with van der Waals surface area (Å²) in [5.74, 6) is -1.06. The Bertz CT molecular complexity index is 1520. The molecule has 0 aliphatic heterocycles. The van der Waals surface area contributed by atoms with Gasteiger partial charge in [0.25, 0.3) is 0 Å². The van der Waals surface area contributed by atoms with Crippen LogP contribution in [0.4, 0.5) is 4.79 Å². The summed E-state index contributed by atoms with van der Waals surface area (Å²) in [5.41, 5.74) is 3.34. The monoisotopic (exact) mass is 573 g/mol. The van der Waals surface area contributed by atoms with Crippen LogP contribution in [0.25, 0.3) is 0 Å². The number of alkyl carbamates (subject to hydrolysis) is 1. The van der Waals surface area contributed by atoms with Crippen LogP contribution in [-0.4, -0.2) is 27.0 Å². The Balaban J connectivity index is 1.39. The molecule has 212 valence electrons. The van der Waals surface area contributed by atoms with Gasteiger partial charge in [-0.1, -0.05) is 90.5 Å². The van der Waals surface area contributed by atoms with Gasteiger partial charge in [0.1, 0.15) is 23.9 Å². The molecule has 1 unspecified atom stereocenters. The smallest absolute Gasteiger partial charge is 0.407 e.